The molecule has 0 aliphatic carbocycles. The van der Waals surface area contributed by atoms with Gasteiger partial charge in [0.2, 0.25) is 0 Å². The van der Waals surface area contributed by atoms with Crippen molar-refractivity contribution < 1.29 is 4.74 Å². The molecule has 1 aromatic heterocycles. The molecular formula is C12H22N4O. The van der Waals surface area contributed by atoms with Crippen molar-refractivity contribution in [2.45, 2.75) is 33.2 Å². The molecule has 1 rings (SSSR count). The Labute approximate surface area is 103 Å². The van der Waals surface area contributed by atoms with Crippen LogP contribution < -0.4 is 10.6 Å². The highest BCUT2D eigenvalue weighted by Crippen LogP contribution is 2.12. The summed E-state index contributed by atoms with van der Waals surface area (Å²) in [5.74, 6) is 2.49. The second-order valence-electron chi connectivity index (χ2n) is 4.04. The first kappa shape index (κ1) is 13.7. The summed E-state index contributed by atoms with van der Waals surface area (Å²) in [4.78, 5) is 8.67. The van der Waals surface area contributed by atoms with Crippen LogP contribution in [0.1, 0.15) is 26.1 Å². The van der Waals surface area contributed by atoms with Gasteiger partial charge in [-0.3, -0.25) is 0 Å². The number of anilines is 2. The monoisotopic (exact) mass is 238 g/mol. The van der Waals surface area contributed by atoms with Crippen molar-refractivity contribution >= 4 is 11.6 Å². The topological polar surface area (TPSA) is 59.1 Å². The van der Waals surface area contributed by atoms with E-state index in [4.69, 9.17) is 4.74 Å². The summed E-state index contributed by atoms with van der Waals surface area (Å²) in [6.07, 6.45) is 0.954. The second-order valence-corrected chi connectivity index (χ2v) is 4.04. The van der Waals surface area contributed by atoms with E-state index in [-0.39, 0.29) is 0 Å². The average Bonchev–Trinajstić information content (AvgIpc) is 2.26. The Bertz CT molecular complexity index is 343. The van der Waals surface area contributed by atoms with Crippen LogP contribution in [0.4, 0.5) is 11.6 Å². The van der Waals surface area contributed by atoms with Crippen molar-refractivity contribution in [3.05, 3.63) is 11.9 Å². The fourth-order valence-electron chi connectivity index (χ4n) is 1.53. The van der Waals surface area contributed by atoms with Gasteiger partial charge >= 0.3 is 0 Å². The number of rotatable bonds is 7. The van der Waals surface area contributed by atoms with E-state index in [1.54, 1.807) is 7.11 Å². The number of nitrogens with one attached hydrogen (secondary N) is 2. The van der Waals surface area contributed by atoms with Crippen molar-refractivity contribution in [3.8, 4) is 0 Å². The lowest BCUT2D eigenvalue weighted by atomic mass is 10.2. The average molecular weight is 238 g/mol. The Balaban J connectivity index is 2.63. The fourth-order valence-corrected chi connectivity index (χ4v) is 1.53. The molecule has 2 N–H and O–H groups in total. The van der Waals surface area contributed by atoms with Gasteiger partial charge in [0.05, 0.1) is 0 Å². The molecule has 0 aromatic carbocycles. The standard InChI is InChI=1S/C12H22N4O/c1-5-13-11-8-12(16-10(3)15-11)14-9(2)6-7-17-4/h8-9H,5-7H2,1-4H3,(H2,13,14,15,16). The Morgan fingerprint density at radius 3 is 2.71 bits per heavy atom. The number of ether oxygens (including phenoxy) is 1. The van der Waals surface area contributed by atoms with Gasteiger partial charge < -0.3 is 15.4 Å². The van der Waals surface area contributed by atoms with E-state index in [0.717, 1.165) is 37.0 Å². The lowest BCUT2D eigenvalue weighted by Crippen LogP contribution is -2.18. The summed E-state index contributed by atoms with van der Waals surface area (Å²) in [7, 11) is 1.71. The van der Waals surface area contributed by atoms with Crippen molar-refractivity contribution in [1.29, 1.82) is 0 Å². The van der Waals surface area contributed by atoms with Crippen LogP contribution in [0.15, 0.2) is 6.07 Å². The van der Waals surface area contributed by atoms with Crippen LogP contribution in [0.2, 0.25) is 0 Å². The summed E-state index contributed by atoms with van der Waals surface area (Å²) < 4.78 is 5.05. The van der Waals surface area contributed by atoms with Gasteiger partial charge in [-0.05, 0) is 27.2 Å². The van der Waals surface area contributed by atoms with Crippen LogP contribution >= 0.6 is 0 Å². The van der Waals surface area contributed by atoms with Gasteiger partial charge in [-0.25, -0.2) is 9.97 Å². The van der Waals surface area contributed by atoms with Crippen LogP contribution in [-0.4, -0.2) is 36.3 Å². The molecule has 1 aromatic rings. The number of aryl methyl sites for hydroxylation is 1. The van der Waals surface area contributed by atoms with Crippen molar-refractivity contribution in [3.63, 3.8) is 0 Å². The smallest absolute Gasteiger partial charge is 0.132 e. The molecule has 0 fully saturated rings. The summed E-state index contributed by atoms with van der Waals surface area (Å²) in [6, 6.07) is 2.26. The molecule has 17 heavy (non-hydrogen) atoms. The van der Waals surface area contributed by atoms with Gasteiger partial charge in [0.15, 0.2) is 0 Å². The van der Waals surface area contributed by atoms with Crippen LogP contribution in [0.5, 0.6) is 0 Å². The van der Waals surface area contributed by atoms with Gasteiger partial charge in [0, 0.05) is 32.4 Å². The third-order valence-electron chi connectivity index (χ3n) is 2.35. The maximum Gasteiger partial charge on any atom is 0.132 e. The number of hydrogen-bond acceptors (Lipinski definition) is 5. The van der Waals surface area contributed by atoms with Crippen LogP contribution in [0.25, 0.3) is 0 Å². The summed E-state index contributed by atoms with van der Waals surface area (Å²) in [5, 5.41) is 6.53. The molecule has 0 amide bonds. The Kier molecular flexibility index (Phi) is 5.69. The summed E-state index contributed by atoms with van der Waals surface area (Å²) in [5.41, 5.74) is 0. The molecule has 0 spiro atoms. The molecule has 1 unspecified atom stereocenters. The number of methoxy groups -OCH3 is 1. The van der Waals surface area contributed by atoms with E-state index in [2.05, 4.69) is 27.5 Å². The zero-order chi connectivity index (χ0) is 12.7. The second kappa shape index (κ2) is 7.06. The first-order valence-electron chi connectivity index (χ1n) is 6.00. The maximum absolute atomic E-state index is 5.05. The highest BCUT2D eigenvalue weighted by Gasteiger charge is 2.05. The first-order chi connectivity index (χ1) is 8.15. The van der Waals surface area contributed by atoms with Gasteiger partial charge in [-0.1, -0.05) is 0 Å². The van der Waals surface area contributed by atoms with Crippen LogP contribution in [0.3, 0.4) is 0 Å². The minimum atomic E-state index is 0.332. The maximum atomic E-state index is 5.05. The molecule has 5 nitrogen and oxygen atoms in total. The van der Waals surface area contributed by atoms with Crippen LogP contribution in [0, 0.1) is 6.92 Å². The van der Waals surface area contributed by atoms with Crippen molar-refractivity contribution in [2.75, 3.05) is 30.9 Å². The van der Waals surface area contributed by atoms with E-state index < -0.39 is 0 Å². The predicted molar refractivity (Wildman–Crippen MR) is 70.5 cm³/mol. The minimum absolute atomic E-state index is 0.332. The fraction of sp³-hybridized carbons (Fsp3) is 0.667. The zero-order valence-electron chi connectivity index (χ0n) is 11.1. The molecule has 96 valence electrons. The quantitative estimate of drug-likeness (QED) is 0.761. The summed E-state index contributed by atoms with van der Waals surface area (Å²) in [6.45, 7) is 7.66. The minimum Gasteiger partial charge on any atom is -0.385 e. The molecular weight excluding hydrogens is 216 g/mol. The van der Waals surface area contributed by atoms with E-state index in [9.17, 15) is 0 Å². The van der Waals surface area contributed by atoms with E-state index in [1.807, 2.05) is 19.9 Å². The third-order valence-corrected chi connectivity index (χ3v) is 2.35. The molecule has 0 aliphatic rings. The van der Waals surface area contributed by atoms with Crippen molar-refractivity contribution in [2.24, 2.45) is 0 Å². The molecule has 1 atom stereocenters. The summed E-state index contributed by atoms with van der Waals surface area (Å²) >= 11 is 0. The number of hydrogen-bond donors (Lipinski definition) is 2. The van der Waals surface area contributed by atoms with Crippen LogP contribution in [-0.2, 0) is 4.74 Å². The largest absolute Gasteiger partial charge is 0.385 e. The highest BCUT2D eigenvalue weighted by atomic mass is 16.5. The number of aromatic nitrogens is 2. The lowest BCUT2D eigenvalue weighted by molar-refractivity contribution is 0.191. The SMILES string of the molecule is CCNc1cc(NC(C)CCOC)nc(C)n1. The Morgan fingerprint density at radius 1 is 1.35 bits per heavy atom. The van der Waals surface area contributed by atoms with E-state index >= 15 is 0 Å². The molecule has 0 bridgehead atoms. The Hall–Kier alpha value is -1.36. The molecule has 5 heteroatoms. The normalized spacial score (nSPS) is 12.2. The third kappa shape index (κ3) is 4.99. The highest BCUT2D eigenvalue weighted by molar-refractivity contribution is 5.47. The van der Waals surface area contributed by atoms with Gasteiger partial charge in [-0.2, -0.15) is 0 Å². The van der Waals surface area contributed by atoms with Gasteiger partial charge in [-0.15, -0.1) is 0 Å². The molecule has 0 saturated heterocycles. The lowest BCUT2D eigenvalue weighted by Gasteiger charge is -2.15. The van der Waals surface area contributed by atoms with E-state index in [1.165, 1.54) is 0 Å². The van der Waals surface area contributed by atoms with E-state index in [0.29, 0.717) is 6.04 Å². The predicted octanol–water partition coefficient (Wildman–Crippen LogP) is 2.05. The zero-order valence-corrected chi connectivity index (χ0v) is 11.1. The van der Waals surface area contributed by atoms with Gasteiger partial charge in [0.25, 0.3) is 0 Å². The molecule has 0 saturated carbocycles. The first-order valence-corrected chi connectivity index (χ1v) is 6.00. The van der Waals surface area contributed by atoms with Crippen molar-refractivity contribution in [1.82, 2.24) is 9.97 Å². The Morgan fingerprint density at radius 2 is 2.06 bits per heavy atom. The molecule has 0 radical (unpaired) electrons. The molecule has 1 heterocycles. The van der Waals surface area contributed by atoms with Gasteiger partial charge in [0.1, 0.15) is 17.5 Å². The molecule has 0 aliphatic heterocycles. The number of nitrogens with zero attached hydrogens (tertiary/aromatic N) is 2.